The summed E-state index contributed by atoms with van der Waals surface area (Å²) >= 11 is 0. The van der Waals surface area contributed by atoms with Gasteiger partial charge in [0.25, 0.3) is 0 Å². The second-order valence-electron chi connectivity index (χ2n) is 4.89. The highest BCUT2D eigenvalue weighted by molar-refractivity contribution is 7.89. The van der Waals surface area contributed by atoms with Gasteiger partial charge in [0, 0.05) is 5.56 Å². The van der Waals surface area contributed by atoms with Crippen molar-refractivity contribution in [2.75, 3.05) is 6.26 Å². The number of hydrogen-bond acceptors (Lipinski definition) is 5. The average molecular weight is 321 g/mol. The molecule has 1 heterocycles. The molecule has 0 bridgehead atoms. The number of carbonyl (C=O) groups excluding carboxylic acids is 2. The van der Waals surface area contributed by atoms with Crippen LogP contribution >= 0.6 is 0 Å². The zero-order valence-electron chi connectivity index (χ0n) is 12.1. The molecule has 7 heteroatoms. The second kappa shape index (κ2) is 6.15. The lowest BCUT2D eigenvalue weighted by Crippen LogP contribution is -2.32. The summed E-state index contributed by atoms with van der Waals surface area (Å²) in [4.78, 5) is 24.1. The van der Waals surface area contributed by atoms with E-state index in [9.17, 15) is 18.0 Å². The van der Waals surface area contributed by atoms with E-state index in [2.05, 4.69) is 0 Å². The fourth-order valence-electron chi connectivity index (χ4n) is 1.92. The molecule has 0 saturated heterocycles. The molecule has 0 radical (unpaired) electrons. The first-order valence-electron chi connectivity index (χ1n) is 6.48. The number of nitrogens with one attached hydrogen (secondary N) is 1. The summed E-state index contributed by atoms with van der Waals surface area (Å²) in [5, 5.41) is 0. The predicted octanol–water partition coefficient (Wildman–Crippen LogP) is 1.69. The Morgan fingerprint density at radius 1 is 1.18 bits per heavy atom. The van der Waals surface area contributed by atoms with Crippen LogP contribution in [0.15, 0.2) is 47.1 Å². The Bertz CT molecular complexity index is 793. The van der Waals surface area contributed by atoms with E-state index >= 15 is 0 Å². The number of benzene rings is 1. The molecule has 1 amide bonds. The number of ketones is 1. The molecule has 0 spiro atoms. The number of amides is 1. The molecule has 0 aliphatic heterocycles. The number of carbonyl (C=O) groups is 2. The molecule has 0 unspecified atom stereocenters. The molecule has 116 valence electrons. The van der Waals surface area contributed by atoms with Gasteiger partial charge in [0.1, 0.15) is 0 Å². The van der Waals surface area contributed by atoms with Gasteiger partial charge in [-0.25, -0.2) is 8.42 Å². The standard InChI is InChI=1S/C15H15NO5S/c1-10(15(18)16-22(2,19)20)11-5-3-6-12(9-11)14(17)13-7-4-8-21-13/h3-10H,1-2H3,(H,16,18)/t10-/m1/s1. The predicted molar refractivity (Wildman–Crippen MR) is 80.0 cm³/mol. The summed E-state index contributed by atoms with van der Waals surface area (Å²) in [6, 6.07) is 9.61. The molecule has 2 aromatic rings. The molecule has 0 aliphatic rings. The zero-order chi connectivity index (χ0) is 16.3. The Balaban J connectivity index is 2.25. The summed E-state index contributed by atoms with van der Waals surface area (Å²) < 4.78 is 29.2. The number of rotatable bonds is 5. The van der Waals surface area contributed by atoms with Crippen LogP contribution in [0.2, 0.25) is 0 Å². The fraction of sp³-hybridized carbons (Fsp3) is 0.200. The molecule has 1 N–H and O–H groups in total. The first kappa shape index (κ1) is 16.0. The maximum absolute atomic E-state index is 12.2. The van der Waals surface area contributed by atoms with E-state index in [-0.39, 0.29) is 11.5 Å². The van der Waals surface area contributed by atoms with E-state index in [4.69, 9.17) is 4.42 Å². The van der Waals surface area contributed by atoms with Gasteiger partial charge in [0.2, 0.25) is 21.7 Å². The Kier molecular flexibility index (Phi) is 4.46. The van der Waals surface area contributed by atoms with Crippen LogP contribution in [-0.2, 0) is 14.8 Å². The minimum absolute atomic E-state index is 0.199. The smallest absolute Gasteiger partial charge is 0.240 e. The summed E-state index contributed by atoms with van der Waals surface area (Å²) in [6.45, 7) is 1.57. The molecule has 0 saturated carbocycles. The van der Waals surface area contributed by atoms with E-state index in [1.807, 2.05) is 4.72 Å². The molecule has 6 nitrogen and oxygen atoms in total. The summed E-state index contributed by atoms with van der Waals surface area (Å²) in [6.07, 6.45) is 2.31. The highest BCUT2D eigenvalue weighted by Gasteiger charge is 2.20. The summed E-state index contributed by atoms with van der Waals surface area (Å²) in [5.41, 5.74) is 0.907. The van der Waals surface area contributed by atoms with Crippen molar-refractivity contribution in [3.8, 4) is 0 Å². The van der Waals surface area contributed by atoms with Gasteiger partial charge in [-0.1, -0.05) is 18.2 Å². The van der Waals surface area contributed by atoms with Crippen molar-refractivity contribution in [3.05, 3.63) is 59.5 Å². The van der Waals surface area contributed by atoms with Gasteiger partial charge in [-0.05, 0) is 30.7 Å². The molecule has 0 fully saturated rings. The maximum Gasteiger partial charge on any atom is 0.240 e. The molecule has 2 rings (SSSR count). The molecule has 1 aromatic heterocycles. The Morgan fingerprint density at radius 2 is 1.91 bits per heavy atom. The third-order valence-corrected chi connectivity index (χ3v) is 3.65. The molecule has 0 aliphatic carbocycles. The van der Waals surface area contributed by atoms with E-state index in [0.717, 1.165) is 6.26 Å². The lowest BCUT2D eigenvalue weighted by atomic mass is 9.97. The number of sulfonamides is 1. The monoisotopic (exact) mass is 321 g/mol. The third kappa shape index (κ3) is 3.82. The van der Waals surface area contributed by atoms with Gasteiger partial charge in [-0.15, -0.1) is 0 Å². The molecule has 22 heavy (non-hydrogen) atoms. The van der Waals surface area contributed by atoms with Crippen LogP contribution in [0.5, 0.6) is 0 Å². The Morgan fingerprint density at radius 3 is 2.50 bits per heavy atom. The van der Waals surface area contributed by atoms with Crippen molar-refractivity contribution in [1.29, 1.82) is 0 Å². The second-order valence-corrected chi connectivity index (χ2v) is 6.64. The topological polar surface area (TPSA) is 93.5 Å². The minimum atomic E-state index is -3.62. The average Bonchev–Trinajstić information content (AvgIpc) is 2.98. The van der Waals surface area contributed by atoms with Crippen molar-refractivity contribution in [2.24, 2.45) is 0 Å². The number of hydrogen-bond donors (Lipinski definition) is 1. The van der Waals surface area contributed by atoms with Crippen LogP contribution in [0.25, 0.3) is 0 Å². The molecule has 1 aromatic carbocycles. The van der Waals surface area contributed by atoms with E-state index in [1.54, 1.807) is 43.3 Å². The van der Waals surface area contributed by atoms with Gasteiger partial charge in [-0.2, -0.15) is 0 Å². The molecular formula is C15H15NO5S. The van der Waals surface area contributed by atoms with Gasteiger partial charge >= 0.3 is 0 Å². The Labute approximate surface area is 128 Å². The molecular weight excluding hydrogens is 306 g/mol. The van der Waals surface area contributed by atoms with Crippen LogP contribution in [0.1, 0.15) is 34.5 Å². The highest BCUT2D eigenvalue weighted by Crippen LogP contribution is 2.19. The van der Waals surface area contributed by atoms with E-state index < -0.39 is 21.8 Å². The quantitative estimate of drug-likeness (QED) is 0.846. The summed E-state index contributed by atoms with van der Waals surface area (Å²) in [7, 11) is -3.62. The maximum atomic E-state index is 12.2. The van der Waals surface area contributed by atoms with Crippen LogP contribution in [0, 0.1) is 0 Å². The van der Waals surface area contributed by atoms with Crippen molar-refractivity contribution >= 4 is 21.7 Å². The van der Waals surface area contributed by atoms with Crippen molar-refractivity contribution in [2.45, 2.75) is 12.8 Å². The first-order chi connectivity index (χ1) is 10.3. The Hall–Kier alpha value is -2.41. The van der Waals surface area contributed by atoms with Gasteiger partial charge in [0.15, 0.2) is 5.76 Å². The highest BCUT2D eigenvalue weighted by atomic mass is 32.2. The van der Waals surface area contributed by atoms with Crippen molar-refractivity contribution < 1.29 is 22.4 Å². The van der Waals surface area contributed by atoms with Crippen LogP contribution in [0.3, 0.4) is 0 Å². The lowest BCUT2D eigenvalue weighted by molar-refractivity contribution is -0.120. The molecule has 1 atom stereocenters. The van der Waals surface area contributed by atoms with Gasteiger partial charge in [-0.3, -0.25) is 14.3 Å². The van der Waals surface area contributed by atoms with Crippen molar-refractivity contribution in [3.63, 3.8) is 0 Å². The van der Waals surface area contributed by atoms with Gasteiger partial charge in [0.05, 0.1) is 18.4 Å². The van der Waals surface area contributed by atoms with Crippen molar-refractivity contribution in [1.82, 2.24) is 4.72 Å². The van der Waals surface area contributed by atoms with Crippen LogP contribution in [0.4, 0.5) is 0 Å². The zero-order valence-corrected chi connectivity index (χ0v) is 12.9. The summed E-state index contributed by atoms with van der Waals surface area (Å²) in [5.74, 6) is -1.46. The van der Waals surface area contributed by atoms with Crippen LogP contribution < -0.4 is 4.72 Å². The SMILES string of the molecule is C[C@@H](C(=O)NS(C)(=O)=O)c1cccc(C(=O)c2ccco2)c1. The number of furan rings is 1. The minimum Gasteiger partial charge on any atom is -0.461 e. The third-order valence-electron chi connectivity index (χ3n) is 3.07. The normalized spacial score (nSPS) is 12.6. The largest absolute Gasteiger partial charge is 0.461 e. The van der Waals surface area contributed by atoms with Gasteiger partial charge < -0.3 is 4.42 Å². The fourth-order valence-corrected chi connectivity index (χ4v) is 2.46. The van der Waals surface area contributed by atoms with Crippen LogP contribution in [-0.4, -0.2) is 26.4 Å². The van der Waals surface area contributed by atoms with E-state index in [0.29, 0.717) is 11.1 Å². The first-order valence-corrected chi connectivity index (χ1v) is 8.37. The lowest BCUT2D eigenvalue weighted by Gasteiger charge is -2.12. The van der Waals surface area contributed by atoms with E-state index in [1.165, 1.54) is 6.26 Å².